The number of aromatic amines is 2. The van der Waals surface area contributed by atoms with E-state index in [-0.39, 0.29) is 17.8 Å². The number of anilines is 1. The van der Waals surface area contributed by atoms with Crippen molar-refractivity contribution >= 4 is 11.6 Å². The van der Waals surface area contributed by atoms with Crippen LogP contribution in [-0.4, -0.2) is 51.2 Å². The molecule has 2 atom stereocenters. The molecule has 108 valence electrons. The summed E-state index contributed by atoms with van der Waals surface area (Å²) in [6.45, 7) is 1.50. The van der Waals surface area contributed by atoms with Gasteiger partial charge in [0.2, 0.25) is 5.82 Å². The number of aromatic nitrogens is 3. The van der Waals surface area contributed by atoms with Crippen LogP contribution in [-0.2, 0) is 0 Å². The van der Waals surface area contributed by atoms with Crippen molar-refractivity contribution in [2.45, 2.75) is 18.5 Å². The van der Waals surface area contributed by atoms with Crippen molar-refractivity contribution in [1.29, 1.82) is 0 Å². The van der Waals surface area contributed by atoms with E-state index in [4.69, 9.17) is 0 Å². The van der Waals surface area contributed by atoms with Gasteiger partial charge in [-0.2, -0.15) is 0 Å². The number of amides is 1. The molecule has 0 aliphatic carbocycles. The van der Waals surface area contributed by atoms with Crippen LogP contribution in [0.4, 0.5) is 5.69 Å². The molecule has 0 spiro atoms. The predicted molar refractivity (Wildman–Crippen MR) is 76.2 cm³/mol. The Morgan fingerprint density at radius 3 is 2.62 bits per heavy atom. The molecule has 2 aromatic rings. The number of carbonyl (C=O) groups excluding carboxylic acids is 1. The van der Waals surface area contributed by atoms with E-state index in [0.29, 0.717) is 12.6 Å². The normalized spacial score (nSPS) is 23.8. The summed E-state index contributed by atoms with van der Waals surface area (Å²) in [5, 5.41) is 5.96. The van der Waals surface area contributed by atoms with Crippen LogP contribution in [0.1, 0.15) is 17.0 Å². The first-order chi connectivity index (χ1) is 10.2. The summed E-state index contributed by atoms with van der Waals surface area (Å²) >= 11 is 0. The van der Waals surface area contributed by atoms with E-state index in [2.05, 4.69) is 32.2 Å². The van der Waals surface area contributed by atoms with Gasteiger partial charge in [0.25, 0.3) is 5.91 Å². The van der Waals surface area contributed by atoms with Crippen LogP contribution >= 0.6 is 0 Å². The van der Waals surface area contributed by atoms with E-state index in [9.17, 15) is 9.59 Å². The van der Waals surface area contributed by atoms with E-state index in [1.165, 1.54) is 5.69 Å². The van der Waals surface area contributed by atoms with E-state index >= 15 is 0 Å². The molecule has 1 aromatic heterocycles. The Hall–Kier alpha value is -2.57. The SMILES string of the molecule is O=C(c1n[nH]c(=O)[nH]1)N1C[C@@H]2C[C@H]1CN2c1ccccc1. The van der Waals surface area contributed by atoms with Crippen LogP contribution in [0.2, 0.25) is 0 Å². The van der Waals surface area contributed by atoms with Crippen LogP contribution in [0.3, 0.4) is 0 Å². The standard InChI is InChI=1S/C14H15N5O2/c20-13(12-15-14(21)17-16-12)19-8-10-6-11(19)7-18(10)9-4-2-1-3-5-9/h1-5,10-11H,6-8H2,(H2,15,16,17,21)/t10-,11-/m0/s1. The molecule has 2 aliphatic rings. The summed E-state index contributed by atoms with van der Waals surface area (Å²) in [4.78, 5) is 30.0. The first-order valence-electron chi connectivity index (χ1n) is 7.00. The van der Waals surface area contributed by atoms with Gasteiger partial charge >= 0.3 is 5.69 Å². The number of nitrogens with one attached hydrogen (secondary N) is 2. The van der Waals surface area contributed by atoms with E-state index in [1.807, 2.05) is 23.1 Å². The van der Waals surface area contributed by atoms with Gasteiger partial charge in [-0.15, -0.1) is 5.10 Å². The summed E-state index contributed by atoms with van der Waals surface area (Å²) in [5.74, 6) is -0.104. The van der Waals surface area contributed by atoms with Gasteiger partial charge in [-0.3, -0.25) is 9.78 Å². The van der Waals surface area contributed by atoms with Crippen LogP contribution in [0, 0.1) is 0 Å². The zero-order chi connectivity index (χ0) is 14.4. The van der Waals surface area contributed by atoms with Gasteiger partial charge in [0.1, 0.15) is 0 Å². The topological polar surface area (TPSA) is 85.1 Å². The molecule has 4 rings (SSSR count). The first-order valence-corrected chi connectivity index (χ1v) is 7.00. The van der Waals surface area contributed by atoms with Gasteiger partial charge < -0.3 is 9.80 Å². The maximum Gasteiger partial charge on any atom is 0.341 e. The molecular formula is C14H15N5O2. The number of carbonyl (C=O) groups is 1. The van der Waals surface area contributed by atoms with Crippen molar-refractivity contribution in [3.05, 3.63) is 46.6 Å². The minimum atomic E-state index is -0.450. The van der Waals surface area contributed by atoms with Crippen LogP contribution in [0.25, 0.3) is 0 Å². The largest absolute Gasteiger partial charge is 0.365 e. The third-order valence-electron chi connectivity index (χ3n) is 4.29. The zero-order valence-electron chi connectivity index (χ0n) is 11.3. The average Bonchev–Trinajstić information content (AvgIpc) is 3.22. The number of para-hydroxylation sites is 1. The molecule has 7 nitrogen and oxygen atoms in total. The second kappa shape index (κ2) is 4.47. The van der Waals surface area contributed by atoms with Gasteiger partial charge in [0, 0.05) is 24.8 Å². The molecule has 7 heteroatoms. The van der Waals surface area contributed by atoms with Crippen LogP contribution in [0.15, 0.2) is 35.1 Å². The van der Waals surface area contributed by atoms with Crippen molar-refractivity contribution in [2.75, 3.05) is 18.0 Å². The molecule has 2 N–H and O–H groups in total. The number of benzene rings is 1. The molecule has 21 heavy (non-hydrogen) atoms. The Kier molecular flexibility index (Phi) is 2.60. The number of likely N-dealkylation sites (tertiary alicyclic amines) is 1. The fraction of sp³-hybridized carbons (Fsp3) is 0.357. The molecule has 2 aliphatic heterocycles. The lowest BCUT2D eigenvalue weighted by molar-refractivity contribution is 0.0713. The number of hydrogen-bond donors (Lipinski definition) is 2. The Balaban J connectivity index is 1.52. The first kappa shape index (κ1) is 12.2. The van der Waals surface area contributed by atoms with Gasteiger partial charge in [0.15, 0.2) is 0 Å². The average molecular weight is 285 g/mol. The molecule has 0 unspecified atom stereocenters. The Bertz CT molecular complexity index is 722. The van der Waals surface area contributed by atoms with Crippen molar-refractivity contribution < 1.29 is 4.79 Å². The van der Waals surface area contributed by atoms with Gasteiger partial charge in [-0.05, 0) is 18.6 Å². The number of piperazine rings is 1. The molecule has 2 saturated heterocycles. The number of H-pyrrole nitrogens is 2. The van der Waals surface area contributed by atoms with Gasteiger partial charge in [0.05, 0.1) is 6.04 Å². The Labute approximate surface area is 120 Å². The molecule has 2 bridgehead atoms. The van der Waals surface area contributed by atoms with Crippen LogP contribution in [0.5, 0.6) is 0 Å². The predicted octanol–water partition coefficient (Wildman–Crippen LogP) is 0.201. The highest BCUT2D eigenvalue weighted by Crippen LogP contribution is 2.34. The minimum absolute atomic E-state index is 0.0961. The number of fused-ring (bicyclic) bond motifs is 2. The number of nitrogens with zero attached hydrogens (tertiary/aromatic N) is 3. The highest BCUT2D eigenvalue weighted by Gasteiger charge is 2.45. The number of rotatable bonds is 2. The van der Waals surface area contributed by atoms with E-state index < -0.39 is 5.69 Å². The highest BCUT2D eigenvalue weighted by atomic mass is 16.2. The molecular weight excluding hydrogens is 270 g/mol. The molecule has 2 fully saturated rings. The lowest BCUT2D eigenvalue weighted by Gasteiger charge is -2.35. The second-order valence-electron chi connectivity index (χ2n) is 5.52. The Morgan fingerprint density at radius 1 is 1.19 bits per heavy atom. The van der Waals surface area contributed by atoms with Crippen molar-refractivity contribution in [2.24, 2.45) is 0 Å². The lowest BCUT2D eigenvalue weighted by atomic mass is 10.2. The zero-order valence-corrected chi connectivity index (χ0v) is 11.3. The second-order valence-corrected chi connectivity index (χ2v) is 5.52. The summed E-state index contributed by atoms with van der Waals surface area (Å²) in [7, 11) is 0. The molecule has 0 radical (unpaired) electrons. The molecule has 1 aromatic carbocycles. The quantitative estimate of drug-likeness (QED) is 0.825. The third kappa shape index (κ3) is 1.93. The minimum Gasteiger partial charge on any atom is -0.365 e. The van der Waals surface area contributed by atoms with Crippen LogP contribution < -0.4 is 10.6 Å². The summed E-state index contributed by atoms with van der Waals surface area (Å²) in [6.07, 6.45) is 0.968. The van der Waals surface area contributed by atoms with E-state index in [0.717, 1.165) is 13.0 Å². The maximum atomic E-state index is 12.3. The molecule has 0 saturated carbocycles. The summed E-state index contributed by atoms with van der Waals surface area (Å²) in [5.41, 5.74) is 0.749. The lowest BCUT2D eigenvalue weighted by Crippen LogP contribution is -2.49. The van der Waals surface area contributed by atoms with Crippen molar-refractivity contribution in [3.8, 4) is 0 Å². The van der Waals surface area contributed by atoms with Crippen molar-refractivity contribution in [3.63, 3.8) is 0 Å². The monoisotopic (exact) mass is 285 g/mol. The van der Waals surface area contributed by atoms with E-state index in [1.54, 1.807) is 0 Å². The maximum absolute atomic E-state index is 12.3. The number of hydrogen-bond acceptors (Lipinski definition) is 4. The molecule has 3 heterocycles. The van der Waals surface area contributed by atoms with Gasteiger partial charge in [-0.1, -0.05) is 18.2 Å². The molecule has 1 amide bonds. The summed E-state index contributed by atoms with van der Waals surface area (Å²) < 4.78 is 0. The third-order valence-corrected chi connectivity index (χ3v) is 4.29. The highest BCUT2D eigenvalue weighted by molar-refractivity contribution is 5.91. The van der Waals surface area contributed by atoms with Crippen molar-refractivity contribution in [1.82, 2.24) is 20.1 Å². The summed E-state index contributed by atoms with van der Waals surface area (Å²) in [6, 6.07) is 10.8. The fourth-order valence-corrected chi connectivity index (χ4v) is 3.36. The smallest absolute Gasteiger partial charge is 0.341 e. The Morgan fingerprint density at radius 2 is 2.00 bits per heavy atom. The fourth-order valence-electron chi connectivity index (χ4n) is 3.36. The van der Waals surface area contributed by atoms with Gasteiger partial charge in [-0.25, -0.2) is 9.89 Å².